The van der Waals surface area contributed by atoms with Gasteiger partial charge in [-0.15, -0.1) is 0 Å². The maximum Gasteiger partial charge on any atom is 0.147 e. The zero-order valence-corrected chi connectivity index (χ0v) is 20.4. The summed E-state index contributed by atoms with van der Waals surface area (Å²) in [6.07, 6.45) is 13.9. The van der Waals surface area contributed by atoms with E-state index in [0.29, 0.717) is 12.5 Å². The Balaban J connectivity index is 1.98. The Bertz CT molecular complexity index is 1120. The largest absolute Gasteiger partial charge is 0.497 e. The van der Waals surface area contributed by atoms with E-state index < -0.39 is 0 Å². The summed E-state index contributed by atoms with van der Waals surface area (Å²) < 4.78 is 5.49. The molecule has 172 valence electrons. The predicted octanol–water partition coefficient (Wildman–Crippen LogP) is 7.27. The van der Waals surface area contributed by atoms with E-state index in [1.54, 1.807) is 7.11 Å². The number of hydrogen-bond donors (Lipinski definition) is 0. The smallest absolute Gasteiger partial charge is 0.147 e. The van der Waals surface area contributed by atoms with E-state index in [1.807, 2.05) is 18.2 Å². The van der Waals surface area contributed by atoms with Crippen molar-refractivity contribution < 1.29 is 9.53 Å². The predicted molar refractivity (Wildman–Crippen MR) is 141 cm³/mol. The van der Waals surface area contributed by atoms with Gasteiger partial charge in [0.25, 0.3) is 0 Å². The number of methoxy groups -OCH3 is 1. The molecule has 0 bridgehead atoms. The maximum absolute atomic E-state index is 12.0. The Kier molecular flexibility index (Phi) is 7.17. The maximum atomic E-state index is 12.0. The van der Waals surface area contributed by atoms with Crippen molar-refractivity contribution >= 4 is 35.3 Å². The molecule has 1 heterocycles. The second-order valence-electron chi connectivity index (χ2n) is 9.33. The number of ether oxygens (including phenoxy) is 1. The Hall–Kier alpha value is -3.07. The highest BCUT2D eigenvalue weighted by atomic mass is 16.5. The summed E-state index contributed by atoms with van der Waals surface area (Å²) in [5.41, 5.74) is 9.29. The highest BCUT2D eigenvalue weighted by Crippen LogP contribution is 2.42. The van der Waals surface area contributed by atoms with Crippen LogP contribution in [0, 0.1) is 5.92 Å². The number of carbonyl (C=O) groups is 1. The zero-order valence-electron chi connectivity index (χ0n) is 20.4. The third-order valence-electron chi connectivity index (χ3n) is 7.17. The van der Waals surface area contributed by atoms with Crippen LogP contribution in [0.5, 0.6) is 5.75 Å². The molecule has 3 heteroatoms. The van der Waals surface area contributed by atoms with Crippen LogP contribution in [0.3, 0.4) is 0 Å². The van der Waals surface area contributed by atoms with Gasteiger partial charge in [0.15, 0.2) is 0 Å². The molecule has 0 amide bonds. The van der Waals surface area contributed by atoms with Crippen molar-refractivity contribution in [1.82, 2.24) is 0 Å². The molecular formula is C30H35NO2. The van der Waals surface area contributed by atoms with Gasteiger partial charge in [-0.05, 0) is 84.7 Å². The number of anilines is 1. The molecule has 3 nitrogen and oxygen atoms in total. The lowest BCUT2D eigenvalue weighted by Crippen LogP contribution is -2.23. The van der Waals surface area contributed by atoms with Crippen LogP contribution in [0.1, 0.15) is 68.2 Å². The highest BCUT2D eigenvalue weighted by molar-refractivity contribution is 5.94. The van der Waals surface area contributed by atoms with Crippen molar-refractivity contribution in [1.29, 1.82) is 0 Å². The van der Waals surface area contributed by atoms with Gasteiger partial charge in [0.2, 0.25) is 0 Å². The van der Waals surface area contributed by atoms with Crippen molar-refractivity contribution in [2.45, 2.75) is 46.0 Å². The molecule has 1 saturated carbocycles. The molecule has 0 unspecified atom stereocenters. The molecule has 33 heavy (non-hydrogen) atoms. The molecule has 2 aromatic rings. The monoisotopic (exact) mass is 441 g/mol. The molecule has 4 rings (SSSR count). The number of benzene rings is 2. The number of carbonyl (C=O) groups excluding carboxylic acids is 1. The Morgan fingerprint density at radius 3 is 2.52 bits per heavy atom. The van der Waals surface area contributed by atoms with E-state index >= 15 is 0 Å². The summed E-state index contributed by atoms with van der Waals surface area (Å²) in [7, 11) is 3.78. The molecule has 0 radical (unpaired) electrons. The van der Waals surface area contributed by atoms with Crippen LogP contribution >= 0.6 is 0 Å². The average Bonchev–Trinajstić information content (AvgIpc) is 2.86. The number of rotatable bonds is 4. The second-order valence-corrected chi connectivity index (χ2v) is 9.33. The molecule has 2 aliphatic rings. The SMILES string of the molecule is C/C=C(\C)c1ccc2c(c1)N(C)C/C(C=O)=C\c1cc(OC)ccc1C=C2C1CCCCC1. The first-order valence-electron chi connectivity index (χ1n) is 12.1. The summed E-state index contributed by atoms with van der Waals surface area (Å²) in [6.45, 7) is 4.79. The van der Waals surface area contributed by atoms with E-state index in [2.05, 4.69) is 62.2 Å². The summed E-state index contributed by atoms with van der Waals surface area (Å²) in [5, 5.41) is 0. The molecule has 2 aromatic carbocycles. The average molecular weight is 442 g/mol. The molecule has 0 N–H and O–H groups in total. The van der Waals surface area contributed by atoms with Gasteiger partial charge in [-0.1, -0.05) is 49.6 Å². The fourth-order valence-corrected chi connectivity index (χ4v) is 5.11. The third kappa shape index (κ3) is 4.98. The van der Waals surface area contributed by atoms with Crippen molar-refractivity contribution in [3.05, 3.63) is 70.3 Å². The van der Waals surface area contributed by atoms with E-state index in [-0.39, 0.29) is 0 Å². The van der Waals surface area contributed by atoms with Crippen LogP contribution in [-0.4, -0.2) is 27.0 Å². The van der Waals surface area contributed by atoms with Gasteiger partial charge in [-0.2, -0.15) is 0 Å². The van der Waals surface area contributed by atoms with Crippen LogP contribution in [-0.2, 0) is 4.79 Å². The summed E-state index contributed by atoms with van der Waals surface area (Å²) >= 11 is 0. The minimum atomic E-state index is 0.545. The lowest BCUT2D eigenvalue weighted by atomic mass is 9.79. The Labute approximate surface area is 198 Å². The standard InChI is InChI=1S/C30H35NO2/c1-5-21(2)24-12-14-28-29(23-9-7-6-8-10-23)17-25-11-13-27(33-4)16-26(25)15-22(20-32)19-31(3)30(28)18-24/h5,11-18,20,23H,6-10,19H2,1-4H3/b21-5+,22-15+,29-17?. The van der Waals surface area contributed by atoms with Crippen molar-refractivity contribution in [3.8, 4) is 5.75 Å². The van der Waals surface area contributed by atoms with Crippen molar-refractivity contribution in [3.63, 3.8) is 0 Å². The number of likely N-dealkylation sites (N-methyl/N-ethyl adjacent to an activating group) is 1. The van der Waals surface area contributed by atoms with Gasteiger partial charge in [0.05, 0.1) is 7.11 Å². The Morgan fingerprint density at radius 1 is 1.03 bits per heavy atom. The van der Waals surface area contributed by atoms with Gasteiger partial charge in [0.1, 0.15) is 12.0 Å². The molecule has 0 spiro atoms. The number of aldehydes is 1. The lowest BCUT2D eigenvalue weighted by molar-refractivity contribution is -0.104. The van der Waals surface area contributed by atoms with Crippen molar-refractivity contribution in [2.24, 2.45) is 5.92 Å². The number of fused-ring (bicyclic) bond motifs is 2. The third-order valence-corrected chi connectivity index (χ3v) is 7.17. The van der Waals surface area contributed by atoms with Crippen LogP contribution in [0.2, 0.25) is 0 Å². The highest BCUT2D eigenvalue weighted by Gasteiger charge is 2.24. The molecule has 1 fully saturated rings. The quantitative estimate of drug-likeness (QED) is 0.467. The first-order valence-corrected chi connectivity index (χ1v) is 12.1. The lowest BCUT2D eigenvalue weighted by Gasteiger charge is -2.30. The number of allylic oxidation sites excluding steroid dienone is 3. The molecule has 0 atom stereocenters. The Morgan fingerprint density at radius 2 is 1.82 bits per heavy atom. The van der Waals surface area contributed by atoms with E-state index in [4.69, 9.17) is 4.74 Å². The summed E-state index contributed by atoms with van der Waals surface area (Å²) in [5.74, 6) is 1.35. The fourth-order valence-electron chi connectivity index (χ4n) is 5.11. The molecular weight excluding hydrogens is 406 g/mol. The number of hydrogen-bond acceptors (Lipinski definition) is 3. The van der Waals surface area contributed by atoms with Gasteiger partial charge >= 0.3 is 0 Å². The van der Waals surface area contributed by atoms with Crippen LogP contribution in [0.4, 0.5) is 5.69 Å². The number of nitrogens with zero attached hydrogens (tertiary/aromatic N) is 1. The van der Waals surface area contributed by atoms with Crippen molar-refractivity contribution in [2.75, 3.05) is 25.6 Å². The molecule has 0 aromatic heterocycles. The zero-order chi connectivity index (χ0) is 23.4. The fraction of sp³-hybridized carbons (Fsp3) is 0.367. The van der Waals surface area contributed by atoms with E-state index in [0.717, 1.165) is 28.7 Å². The summed E-state index contributed by atoms with van der Waals surface area (Å²) in [6, 6.07) is 13.0. The van der Waals surface area contributed by atoms with Crippen LogP contribution < -0.4 is 9.64 Å². The summed E-state index contributed by atoms with van der Waals surface area (Å²) in [4.78, 5) is 14.3. The van der Waals surface area contributed by atoms with E-state index in [9.17, 15) is 4.79 Å². The topological polar surface area (TPSA) is 29.5 Å². The van der Waals surface area contributed by atoms with Gasteiger partial charge in [-0.3, -0.25) is 4.79 Å². The molecule has 1 aliphatic carbocycles. The normalized spacial score (nSPS) is 19.0. The van der Waals surface area contributed by atoms with Gasteiger partial charge in [-0.25, -0.2) is 0 Å². The van der Waals surface area contributed by atoms with Crippen LogP contribution in [0.15, 0.2) is 48.0 Å². The first kappa shape index (κ1) is 23.1. The van der Waals surface area contributed by atoms with Crippen LogP contribution in [0.25, 0.3) is 23.3 Å². The minimum Gasteiger partial charge on any atom is -0.497 e. The van der Waals surface area contributed by atoms with Gasteiger partial charge in [0, 0.05) is 30.4 Å². The minimum absolute atomic E-state index is 0.545. The second kappa shape index (κ2) is 10.2. The van der Waals surface area contributed by atoms with Gasteiger partial charge < -0.3 is 9.64 Å². The molecule has 1 aliphatic heterocycles. The first-order chi connectivity index (χ1) is 16.0. The van der Waals surface area contributed by atoms with E-state index in [1.165, 1.54) is 60.1 Å². The molecule has 0 saturated heterocycles.